The fourth-order valence-electron chi connectivity index (χ4n) is 1.84. The molecule has 2 rings (SSSR count). The molecule has 0 aliphatic rings. The van der Waals surface area contributed by atoms with Gasteiger partial charge in [-0.25, -0.2) is 9.18 Å². The highest BCUT2D eigenvalue weighted by Crippen LogP contribution is 2.21. The molecule has 0 bridgehead atoms. The van der Waals surface area contributed by atoms with Crippen molar-refractivity contribution in [2.24, 2.45) is 0 Å². The van der Waals surface area contributed by atoms with E-state index < -0.39 is 5.97 Å². The summed E-state index contributed by atoms with van der Waals surface area (Å²) in [5, 5.41) is 12.1. The maximum atomic E-state index is 13.6. The first-order valence-corrected chi connectivity index (χ1v) is 6.37. The standard InChI is InChI=1S/C15H13ClFNO2/c1-9-2-5-14(17)10(6-9)8-18-11-3-4-13(16)12(7-11)15(19)20/h2-7,18H,8H2,1H3,(H,19,20). The highest BCUT2D eigenvalue weighted by molar-refractivity contribution is 6.33. The molecule has 0 heterocycles. The third kappa shape index (κ3) is 3.27. The summed E-state index contributed by atoms with van der Waals surface area (Å²) in [6.07, 6.45) is 0. The Morgan fingerprint density at radius 1 is 1.30 bits per heavy atom. The maximum absolute atomic E-state index is 13.6. The van der Waals surface area contributed by atoms with E-state index in [0.29, 0.717) is 11.3 Å². The number of rotatable bonds is 4. The largest absolute Gasteiger partial charge is 0.478 e. The molecule has 2 N–H and O–H groups in total. The van der Waals surface area contributed by atoms with E-state index in [0.717, 1.165) is 5.56 Å². The van der Waals surface area contributed by atoms with Crippen molar-refractivity contribution in [1.82, 2.24) is 0 Å². The number of anilines is 1. The summed E-state index contributed by atoms with van der Waals surface area (Å²) < 4.78 is 13.6. The van der Waals surface area contributed by atoms with Gasteiger partial charge < -0.3 is 10.4 Å². The van der Waals surface area contributed by atoms with Gasteiger partial charge in [0.1, 0.15) is 5.82 Å². The second-order valence-electron chi connectivity index (χ2n) is 4.45. The van der Waals surface area contributed by atoms with E-state index in [-0.39, 0.29) is 22.9 Å². The molecule has 0 radical (unpaired) electrons. The number of carboxylic acids is 1. The number of hydrogen-bond donors (Lipinski definition) is 2. The molecule has 104 valence electrons. The quantitative estimate of drug-likeness (QED) is 0.892. The Bertz CT molecular complexity index is 658. The van der Waals surface area contributed by atoms with Crippen LogP contribution in [0.25, 0.3) is 0 Å². The summed E-state index contributed by atoms with van der Waals surface area (Å²) in [6.45, 7) is 2.15. The Balaban J connectivity index is 2.17. The minimum Gasteiger partial charge on any atom is -0.478 e. The van der Waals surface area contributed by atoms with Crippen molar-refractivity contribution in [2.45, 2.75) is 13.5 Å². The molecule has 2 aromatic rings. The fourth-order valence-corrected chi connectivity index (χ4v) is 2.03. The van der Waals surface area contributed by atoms with E-state index in [4.69, 9.17) is 16.7 Å². The van der Waals surface area contributed by atoms with Crippen molar-refractivity contribution >= 4 is 23.3 Å². The van der Waals surface area contributed by atoms with Gasteiger partial charge in [0.25, 0.3) is 0 Å². The van der Waals surface area contributed by atoms with Crippen LogP contribution in [-0.4, -0.2) is 11.1 Å². The highest BCUT2D eigenvalue weighted by Gasteiger charge is 2.09. The van der Waals surface area contributed by atoms with E-state index in [1.54, 1.807) is 18.2 Å². The van der Waals surface area contributed by atoms with E-state index in [2.05, 4.69) is 5.32 Å². The molecule has 0 aromatic heterocycles. The average Bonchev–Trinajstić information content (AvgIpc) is 2.41. The van der Waals surface area contributed by atoms with Crippen LogP contribution >= 0.6 is 11.6 Å². The third-order valence-electron chi connectivity index (χ3n) is 2.88. The predicted molar refractivity (Wildman–Crippen MR) is 76.9 cm³/mol. The van der Waals surface area contributed by atoms with Crippen LogP contribution in [0.3, 0.4) is 0 Å². The van der Waals surface area contributed by atoms with E-state index >= 15 is 0 Å². The molecule has 0 amide bonds. The van der Waals surface area contributed by atoms with Crippen molar-refractivity contribution in [3.05, 3.63) is 63.9 Å². The number of aromatic carboxylic acids is 1. The van der Waals surface area contributed by atoms with Crippen LogP contribution in [0.5, 0.6) is 0 Å². The zero-order valence-corrected chi connectivity index (χ0v) is 11.5. The van der Waals surface area contributed by atoms with Crippen molar-refractivity contribution in [3.8, 4) is 0 Å². The number of nitrogens with one attached hydrogen (secondary N) is 1. The lowest BCUT2D eigenvalue weighted by Gasteiger charge is -2.09. The second-order valence-corrected chi connectivity index (χ2v) is 4.86. The summed E-state index contributed by atoms with van der Waals surface area (Å²) in [5.74, 6) is -1.39. The normalized spacial score (nSPS) is 10.3. The lowest BCUT2D eigenvalue weighted by Crippen LogP contribution is -2.04. The molecule has 0 spiro atoms. The topological polar surface area (TPSA) is 49.3 Å². The van der Waals surface area contributed by atoms with E-state index in [9.17, 15) is 9.18 Å². The highest BCUT2D eigenvalue weighted by atomic mass is 35.5. The Labute approximate surface area is 121 Å². The first-order valence-electron chi connectivity index (χ1n) is 5.99. The summed E-state index contributed by atoms with van der Waals surface area (Å²) in [7, 11) is 0. The molecule has 0 saturated carbocycles. The van der Waals surface area contributed by atoms with Gasteiger partial charge >= 0.3 is 5.97 Å². The first kappa shape index (κ1) is 14.3. The minimum absolute atomic E-state index is 0.0152. The number of halogens is 2. The molecular weight excluding hydrogens is 281 g/mol. The molecule has 0 saturated heterocycles. The Hall–Kier alpha value is -2.07. The van der Waals surface area contributed by atoms with Crippen molar-refractivity contribution in [2.75, 3.05) is 5.32 Å². The van der Waals surface area contributed by atoms with Gasteiger partial charge in [-0.15, -0.1) is 0 Å². The van der Waals surface area contributed by atoms with Crippen LogP contribution in [0.4, 0.5) is 10.1 Å². The number of hydrogen-bond acceptors (Lipinski definition) is 2. The minimum atomic E-state index is -1.10. The van der Waals surface area contributed by atoms with Crippen molar-refractivity contribution < 1.29 is 14.3 Å². The summed E-state index contributed by atoms with van der Waals surface area (Å²) in [5.41, 5.74) is 2.08. The van der Waals surface area contributed by atoms with Gasteiger partial charge in [-0.1, -0.05) is 29.3 Å². The fraction of sp³-hybridized carbons (Fsp3) is 0.133. The van der Waals surface area contributed by atoms with Gasteiger partial charge in [0.15, 0.2) is 0 Å². The monoisotopic (exact) mass is 293 g/mol. The smallest absolute Gasteiger partial charge is 0.337 e. The first-order chi connectivity index (χ1) is 9.47. The molecule has 5 heteroatoms. The van der Waals surface area contributed by atoms with Crippen LogP contribution in [0.2, 0.25) is 5.02 Å². The lowest BCUT2D eigenvalue weighted by molar-refractivity contribution is 0.0697. The third-order valence-corrected chi connectivity index (χ3v) is 3.21. The Morgan fingerprint density at radius 2 is 2.05 bits per heavy atom. The Kier molecular flexibility index (Phi) is 4.25. The molecule has 3 nitrogen and oxygen atoms in total. The van der Waals surface area contributed by atoms with E-state index in [1.807, 2.05) is 6.92 Å². The van der Waals surface area contributed by atoms with Gasteiger partial charge in [0.2, 0.25) is 0 Å². The van der Waals surface area contributed by atoms with Crippen molar-refractivity contribution in [3.63, 3.8) is 0 Å². The zero-order valence-electron chi connectivity index (χ0n) is 10.8. The molecule has 2 aromatic carbocycles. The van der Waals surface area contributed by atoms with Gasteiger partial charge in [-0.05, 0) is 31.2 Å². The van der Waals surface area contributed by atoms with Gasteiger partial charge in [0.05, 0.1) is 10.6 Å². The lowest BCUT2D eigenvalue weighted by atomic mass is 10.1. The predicted octanol–water partition coefficient (Wildman–Crippen LogP) is 4.10. The molecular formula is C15H13ClFNO2. The van der Waals surface area contributed by atoms with Gasteiger partial charge in [0, 0.05) is 17.8 Å². The summed E-state index contributed by atoms with van der Waals surface area (Å²) in [4.78, 5) is 11.0. The molecule has 20 heavy (non-hydrogen) atoms. The van der Waals surface area contributed by atoms with Crippen LogP contribution in [0.1, 0.15) is 21.5 Å². The number of carboxylic acid groups (broad SMARTS) is 1. The average molecular weight is 294 g/mol. The number of benzene rings is 2. The van der Waals surface area contributed by atoms with Crippen LogP contribution in [0, 0.1) is 12.7 Å². The van der Waals surface area contributed by atoms with Gasteiger partial charge in [-0.3, -0.25) is 0 Å². The molecule has 0 aliphatic carbocycles. The van der Waals surface area contributed by atoms with Gasteiger partial charge in [-0.2, -0.15) is 0 Å². The SMILES string of the molecule is Cc1ccc(F)c(CNc2ccc(Cl)c(C(=O)O)c2)c1. The molecule has 0 atom stereocenters. The van der Waals surface area contributed by atoms with Crippen molar-refractivity contribution in [1.29, 1.82) is 0 Å². The number of carbonyl (C=O) groups is 1. The maximum Gasteiger partial charge on any atom is 0.337 e. The van der Waals surface area contributed by atoms with E-state index in [1.165, 1.54) is 18.2 Å². The molecule has 0 unspecified atom stereocenters. The summed E-state index contributed by atoms with van der Waals surface area (Å²) >= 11 is 5.79. The van der Waals surface area contributed by atoms with Crippen LogP contribution < -0.4 is 5.32 Å². The Morgan fingerprint density at radius 3 is 2.75 bits per heavy atom. The van der Waals surface area contributed by atoms with Crippen LogP contribution in [0.15, 0.2) is 36.4 Å². The van der Waals surface area contributed by atoms with Crippen LogP contribution in [-0.2, 0) is 6.54 Å². The summed E-state index contributed by atoms with van der Waals surface area (Å²) in [6, 6.07) is 9.44. The number of aryl methyl sites for hydroxylation is 1. The molecule has 0 aliphatic heterocycles. The zero-order chi connectivity index (χ0) is 14.7. The molecule has 0 fully saturated rings. The second kappa shape index (κ2) is 5.92.